The zero-order valence-corrected chi connectivity index (χ0v) is 14.2. The molecule has 0 radical (unpaired) electrons. The van der Waals surface area contributed by atoms with Gasteiger partial charge in [-0.2, -0.15) is 5.26 Å². The molecular weight excluding hydrogens is 354 g/mol. The van der Waals surface area contributed by atoms with Gasteiger partial charge < -0.3 is 4.90 Å². The lowest BCUT2D eigenvalue weighted by Gasteiger charge is -2.35. The third kappa shape index (κ3) is 3.54. The number of anilines is 1. The fourth-order valence-electron chi connectivity index (χ4n) is 2.75. The third-order valence-corrected chi connectivity index (χ3v) is 4.41. The SMILES string of the molecule is N#Cc1cccc(CN2CCCN(c3ccc(Br)cc3)C2=O)c1. The van der Waals surface area contributed by atoms with Crippen LogP contribution >= 0.6 is 15.9 Å². The molecule has 1 heterocycles. The summed E-state index contributed by atoms with van der Waals surface area (Å²) >= 11 is 3.41. The van der Waals surface area contributed by atoms with Crippen LogP contribution in [0.5, 0.6) is 0 Å². The van der Waals surface area contributed by atoms with Crippen molar-refractivity contribution in [3.05, 3.63) is 64.1 Å². The minimum atomic E-state index is 0.0148. The summed E-state index contributed by atoms with van der Waals surface area (Å²) in [5, 5.41) is 8.99. The van der Waals surface area contributed by atoms with Gasteiger partial charge in [-0.3, -0.25) is 4.90 Å². The van der Waals surface area contributed by atoms with Crippen LogP contribution < -0.4 is 4.90 Å². The van der Waals surface area contributed by atoms with Gasteiger partial charge in [0.15, 0.2) is 0 Å². The number of hydrogen-bond acceptors (Lipinski definition) is 2. The van der Waals surface area contributed by atoms with Crippen LogP contribution in [0.3, 0.4) is 0 Å². The largest absolute Gasteiger partial charge is 0.324 e. The topological polar surface area (TPSA) is 47.3 Å². The number of nitriles is 1. The van der Waals surface area contributed by atoms with E-state index in [-0.39, 0.29) is 6.03 Å². The Morgan fingerprint density at radius 2 is 1.91 bits per heavy atom. The Kier molecular flexibility index (Phi) is 4.63. The summed E-state index contributed by atoms with van der Waals surface area (Å²) in [6.45, 7) is 2.00. The van der Waals surface area contributed by atoms with E-state index in [4.69, 9.17) is 5.26 Å². The Bertz CT molecular complexity index is 752. The quantitative estimate of drug-likeness (QED) is 0.815. The maximum absolute atomic E-state index is 12.7. The Hall–Kier alpha value is -2.32. The highest BCUT2D eigenvalue weighted by Gasteiger charge is 2.26. The van der Waals surface area contributed by atoms with Crippen molar-refractivity contribution in [2.45, 2.75) is 13.0 Å². The Morgan fingerprint density at radius 1 is 1.13 bits per heavy atom. The van der Waals surface area contributed by atoms with Crippen molar-refractivity contribution in [2.24, 2.45) is 0 Å². The number of urea groups is 1. The first kappa shape index (κ1) is 15.6. The molecule has 0 bridgehead atoms. The van der Waals surface area contributed by atoms with Crippen molar-refractivity contribution >= 4 is 27.6 Å². The molecule has 0 aliphatic carbocycles. The van der Waals surface area contributed by atoms with E-state index in [0.29, 0.717) is 12.1 Å². The summed E-state index contributed by atoms with van der Waals surface area (Å²) in [7, 11) is 0. The van der Waals surface area contributed by atoms with Gasteiger partial charge in [0.25, 0.3) is 0 Å². The molecule has 1 aliphatic heterocycles. The second-order valence-corrected chi connectivity index (χ2v) is 6.41. The molecule has 0 N–H and O–H groups in total. The molecule has 3 rings (SSSR count). The highest BCUT2D eigenvalue weighted by Crippen LogP contribution is 2.23. The van der Waals surface area contributed by atoms with Crippen molar-refractivity contribution < 1.29 is 4.79 Å². The number of hydrogen-bond donors (Lipinski definition) is 0. The Labute approximate surface area is 144 Å². The number of halogens is 1. The molecule has 0 atom stereocenters. The fourth-order valence-corrected chi connectivity index (χ4v) is 3.01. The summed E-state index contributed by atoms with van der Waals surface area (Å²) in [5.41, 5.74) is 2.51. The van der Waals surface area contributed by atoms with E-state index in [1.165, 1.54) is 0 Å². The summed E-state index contributed by atoms with van der Waals surface area (Å²) < 4.78 is 0.996. The monoisotopic (exact) mass is 369 g/mol. The average molecular weight is 370 g/mol. The van der Waals surface area contributed by atoms with Gasteiger partial charge in [0.2, 0.25) is 0 Å². The summed E-state index contributed by atoms with van der Waals surface area (Å²) in [5.74, 6) is 0. The van der Waals surface area contributed by atoms with E-state index in [0.717, 1.165) is 35.2 Å². The fraction of sp³-hybridized carbons (Fsp3) is 0.222. The smallest absolute Gasteiger partial charge is 0.320 e. The molecule has 0 unspecified atom stereocenters. The first-order chi connectivity index (χ1) is 11.2. The molecule has 116 valence electrons. The van der Waals surface area contributed by atoms with Crippen LogP contribution in [-0.4, -0.2) is 24.0 Å². The zero-order chi connectivity index (χ0) is 16.2. The number of carbonyl (C=O) groups excluding carboxylic acids is 1. The van der Waals surface area contributed by atoms with E-state index in [1.54, 1.807) is 6.07 Å². The molecule has 0 saturated carbocycles. The standard InChI is InChI=1S/C18H16BrN3O/c19-16-5-7-17(8-6-16)22-10-2-9-21(18(22)23)13-15-4-1-3-14(11-15)12-20/h1,3-8,11H,2,9-10,13H2. The second-order valence-electron chi connectivity index (χ2n) is 5.50. The highest BCUT2D eigenvalue weighted by atomic mass is 79.9. The second kappa shape index (κ2) is 6.84. The molecule has 5 heteroatoms. The van der Waals surface area contributed by atoms with Gasteiger partial charge in [-0.15, -0.1) is 0 Å². The lowest BCUT2D eigenvalue weighted by Crippen LogP contribution is -2.49. The van der Waals surface area contributed by atoms with E-state index >= 15 is 0 Å². The first-order valence-corrected chi connectivity index (χ1v) is 8.28. The van der Waals surface area contributed by atoms with Crippen LogP contribution in [0.1, 0.15) is 17.5 Å². The van der Waals surface area contributed by atoms with Gasteiger partial charge >= 0.3 is 6.03 Å². The van der Waals surface area contributed by atoms with Gasteiger partial charge in [0, 0.05) is 29.8 Å². The maximum atomic E-state index is 12.7. The van der Waals surface area contributed by atoms with Crippen molar-refractivity contribution in [3.63, 3.8) is 0 Å². The lowest BCUT2D eigenvalue weighted by molar-refractivity contribution is 0.192. The Morgan fingerprint density at radius 3 is 2.65 bits per heavy atom. The number of rotatable bonds is 3. The van der Waals surface area contributed by atoms with Crippen LogP contribution in [-0.2, 0) is 6.54 Å². The molecule has 1 fully saturated rings. The van der Waals surface area contributed by atoms with E-state index < -0.39 is 0 Å². The van der Waals surface area contributed by atoms with Gasteiger partial charge in [-0.25, -0.2) is 4.79 Å². The summed E-state index contributed by atoms with van der Waals surface area (Å²) in [6.07, 6.45) is 0.930. The molecule has 2 amide bonds. The number of benzene rings is 2. The van der Waals surface area contributed by atoms with Crippen LogP contribution in [0.15, 0.2) is 53.0 Å². The minimum absolute atomic E-state index is 0.0148. The minimum Gasteiger partial charge on any atom is -0.320 e. The van der Waals surface area contributed by atoms with E-state index in [9.17, 15) is 4.79 Å². The maximum Gasteiger partial charge on any atom is 0.324 e. The van der Waals surface area contributed by atoms with Crippen LogP contribution in [0.2, 0.25) is 0 Å². The molecule has 4 nitrogen and oxygen atoms in total. The van der Waals surface area contributed by atoms with Crippen LogP contribution in [0, 0.1) is 11.3 Å². The van der Waals surface area contributed by atoms with Crippen molar-refractivity contribution in [3.8, 4) is 6.07 Å². The molecule has 1 saturated heterocycles. The van der Waals surface area contributed by atoms with Gasteiger partial charge in [0.1, 0.15) is 0 Å². The molecule has 0 aromatic heterocycles. The van der Waals surface area contributed by atoms with Crippen molar-refractivity contribution in [2.75, 3.05) is 18.0 Å². The molecule has 0 spiro atoms. The number of carbonyl (C=O) groups is 1. The molecule has 2 aromatic rings. The number of amides is 2. The van der Waals surface area contributed by atoms with Crippen molar-refractivity contribution in [1.82, 2.24) is 4.90 Å². The summed E-state index contributed by atoms with van der Waals surface area (Å²) in [6, 6.07) is 17.3. The molecular formula is C18H16BrN3O. The van der Waals surface area contributed by atoms with Gasteiger partial charge in [-0.1, -0.05) is 28.1 Å². The summed E-state index contributed by atoms with van der Waals surface area (Å²) in [4.78, 5) is 16.4. The van der Waals surface area contributed by atoms with Crippen molar-refractivity contribution in [1.29, 1.82) is 5.26 Å². The molecule has 2 aromatic carbocycles. The average Bonchev–Trinajstić information content (AvgIpc) is 2.58. The molecule has 23 heavy (non-hydrogen) atoms. The predicted molar refractivity (Wildman–Crippen MR) is 93.1 cm³/mol. The van der Waals surface area contributed by atoms with E-state index in [1.807, 2.05) is 52.3 Å². The normalized spacial score (nSPS) is 14.7. The first-order valence-electron chi connectivity index (χ1n) is 7.48. The van der Waals surface area contributed by atoms with Gasteiger partial charge in [0.05, 0.1) is 11.6 Å². The zero-order valence-electron chi connectivity index (χ0n) is 12.6. The third-order valence-electron chi connectivity index (χ3n) is 3.88. The lowest BCUT2D eigenvalue weighted by atomic mass is 10.1. The van der Waals surface area contributed by atoms with Crippen LogP contribution in [0.4, 0.5) is 10.5 Å². The molecule has 1 aliphatic rings. The Balaban J connectivity index is 1.77. The van der Waals surface area contributed by atoms with Crippen LogP contribution in [0.25, 0.3) is 0 Å². The highest BCUT2D eigenvalue weighted by molar-refractivity contribution is 9.10. The number of nitrogens with zero attached hydrogens (tertiary/aromatic N) is 3. The van der Waals surface area contributed by atoms with Gasteiger partial charge in [-0.05, 0) is 48.4 Å². The van der Waals surface area contributed by atoms with E-state index in [2.05, 4.69) is 22.0 Å². The predicted octanol–water partition coefficient (Wildman–Crippen LogP) is 4.15.